The third-order valence-electron chi connectivity index (χ3n) is 1.52. The molecule has 3 N–H and O–H groups in total. The van der Waals surface area contributed by atoms with Crippen LogP contribution in [0.4, 0.5) is 10.1 Å². The number of carboxylic acids is 1. The number of halogens is 1. The van der Waals surface area contributed by atoms with Gasteiger partial charge in [-0.1, -0.05) is 6.58 Å². The molecule has 1 rings (SSSR count). The molecule has 13 heavy (non-hydrogen) atoms. The third kappa shape index (κ3) is 2.05. The van der Waals surface area contributed by atoms with E-state index in [1.165, 1.54) is 18.2 Å². The van der Waals surface area contributed by atoms with Gasteiger partial charge >= 0.3 is 5.97 Å². The molecule has 0 atom stereocenters. The predicted octanol–water partition coefficient (Wildman–Crippen LogP) is 1.91. The van der Waals surface area contributed by atoms with E-state index in [1.807, 2.05) is 0 Å². The highest BCUT2D eigenvalue weighted by atomic mass is 19.1. The van der Waals surface area contributed by atoms with E-state index in [-0.39, 0.29) is 16.8 Å². The second kappa shape index (κ2) is 3.26. The number of hydrogen-bond donors (Lipinski definition) is 2. The molecule has 0 saturated heterocycles. The lowest BCUT2D eigenvalue weighted by Crippen LogP contribution is -1.99. The lowest BCUT2D eigenvalue weighted by atomic mass is 10.1. The van der Waals surface area contributed by atoms with E-state index >= 15 is 0 Å². The summed E-state index contributed by atoms with van der Waals surface area (Å²) < 4.78 is 12.6. The number of nitrogen functional groups attached to an aromatic ring is 1. The Balaban J connectivity index is 3.26. The van der Waals surface area contributed by atoms with Gasteiger partial charge in [-0.05, 0) is 18.2 Å². The summed E-state index contributed by atoms with van der Waals surface area (Å²) in [5.74, 6) is -1.84. The molecule has 1 aromatic carbocycles. The first-order valence-corrected chi connectivity index (χ1v) is 3.49. The number of aromatic carboxylic acids is 1. The molecule has 0 aliphatic heterocycles. The van der Waals surface area contributed by atoms with E-state index < -0.39 is 11.8 Å². The summed E-state index contributed by atoms with van der Waals surface area (Å²) in [6.07, 6.45) is 0. The van der Waals surface area contributed by atoms with Crippen LogP contribution in [0, 0.1) is 0 Å². The Morgan fingerprint density at radius 1 is 1.38 bits per heavy atom. The van der Waals surface area contributed by atoms with Crippen LogP contribution in [0.1, 0.15) is 15.9 Å². The fourth-order valence-corrected chi connectivity index (χ4v) is 0.932. The van der Waals surface area contributed by atoms with E-state index in [0.29, 0.717) is 0 Å². The first-order valence-electron chi connectivity index (χ1n) is 3.49. The van der Waals surface area contributed by atoms with E-state index in [1.54, 1.807) is 0 Å². The second-order valence-corrected chi connectivity index (χ2v) is 2.55. The van der Waals surface area contributed by atoms with Crippen molar-refractivity contribution >= 4 is 17.5 Å². The van der Waals surface area contributed by atoms with Crippen molar-refractivity contribution in [1.82, 2.24) is 0 Å². The SMILES string of the molecule is C=C(F)c1cc(N)cc(C(=O)O)c1. The molecule has 0 heterocycles. The highest BCUT2D eigenvalue weighted by Gasteiger charge is 2.07. The van der Waals surface area contributed by atoms with Gasteiger partial charge in [0, 0.05) is 11.3 Å². The average Bonchev–Trinajstić information content (AvgIpc) is 2.03. The Kier molecular flexibility index (Phi) is 2.32. The minimum atomic E-state index is -1.14. The van der Waals surface area contributed by atoms with E-state index in [4.69, 9.17) is 10.8 Å². The molecular formula is C9H8FNO2. The molecule has 4 heteroatoms. The largest absolute Gasteiger partial charge is 0.478 e. The second-order valence-electron chi connectivity index (χ2n) is 2.55. The molecule has 3 nitrogen and oxygen atoms in total. The summed E-state index contributed by atoms with van der Waals surface area (Å²) in [7, 11) is 0. The molecule has 1 aromatic rings. The summed E-state index contributed by atoms with van der Waals surface area (Å²) in [5.41, 5.74) is 5.61. The van der Waals surface area contributed by atoms with Crippen LogP contribution in [-0.2, 0) is 0 Å². The Morgan fingerprint density at radius 2 is 1.92 bits per heavy atom. The number of anilines is 1. The van der Waals surface area contributed by atoms with Crippen molar-refractivity contribution in [2.45, 2.75) is 0 Å². The van der Waals surface area contributed by atoms with Crippen LogP contribution in [0.15, 0.2) is 24.8 Å². The zero-order valence-electron chi connectivity index (χ0n) is 6.75. The van der Waals surface area contributed by atoms with Crippen molar-refractivity contribution in [3.8, 4) is 0 Å². The molecule has 0 radical (unpaired) electrons. The monoisotopic (exact) mass is 181 g/mol. The maximum absolute atomic E-state index is 12.6. The predicted molar refractivity (Wildman–Crippen MR) is 48.0 cm³/mol. The molecule has 0 saturated carbocycles. The van der Waals surface area contributed by atoms with Crippen LogP contribution in [0.5, 0.6) is 0 Å². The van der Waals surface area contributed by atoms with Crippen LogP contribution in [0.25, 0.3) is 5.83 Å². The van der Waals surface area contributed by atoms with Gasteiger partial charge in [-0.15, -0.1) is 0 Å². The fourth-order valence-electron chi connectivity index (χ4n) is 0.932. The van der Waals surface area contributed by atoms with Gasteiger partial charge in [0.25, 0.3) is 0 Å². The molecule has 0 amide bonds. The topological polar surface area (TPSA) is 63.3 Å². The number of rotatable bonds is 2. The Morgan fingerprint density at radius 3 is 2.38 bits per heavy atom. The van der Waals surface area contributed by atoms with Crippen molar-refractivity contribution in [1.29, 1.82) is 0 Å². The molecule has 0 aliphatic carbocycles. The van der Waals surface area contributed by atoms with Crippen LogP contribution in [0.3, 0.4) is 0 Å². The van der Waals surface area contributed by atoms with E-state index in [2.05, 4.69) is 6.58 Å². The summed E-state index contributed by atoms with van der Waals surface area (Å²) in [5, 5.41) is 8.61. The van der Waals surface area contributed by atoms with Crippen LogP contribution in [-0.4, -0.2) is 11.1 Å². The molecule has 0 bridgehead atoms. The van der Waals surface area contributed by atoms with Gasteiger partial charge in [0.2, 0.25) is 0 Å². The quantitative estimate of drug-likeness (QED) is 0.685. The zero-order chi connectivity index (χ0) is 10.0. The number of nitrogens with two attached hydrogens (primary N) is 1. The number of hydrogen-bond acceptors (Lipinski definition) is 2. The van der Waals surface area contributed by atoms with Gasteiger partial charge in [0.1, 0.15) is 5.83 Å². The molecule has 0 aliphatic rings. The Labute approximate surface area is 74.3 Å². The first-order chi connectivity index (χ1) is 6.00. The van der Waals surface area contributed by atoms with Crippen molar-refractivity contribution in [3.05, 3.63) is 35.9 Å². The van der Waals surface area contributed by atoms with Gasteiger partial charge in [-0.2, -0.15) is 0 Å². The highest BCUT2D eigenvalue weighted by Crippen LogP contribution is 2.19. The van der Waals surface area contributed by atoms with Crippen molar-refractivity contribution in [2.24, 2.45) is 0 Å². The molecule has 0 aromatic heterocycles. The maximum atomic E-state index is 12.6. The Bertz CT molecular complexity index is 342. The summed E-state index contributed by atoms with van der Waals surface area (Å²) in [6.45, 7) is 3.05. The summed E-state index contributed by atoms with van der Waals surface area (Å²) in [4.78, 5) is 10.5. The van der Waals surface area contributed by atoms with E-state index in [9.17, 15) is 9.18 Å². The Hall–Kier alpha value is -1.84. The number of benzene rings is 1. The van der Waals surface area contributed by atoms with Gasteiger partial charge in [0.15, 0.2) is 0 Å². The van der Waals surface area contributed by atoms with Crippen molar-refractivity contribution < 1.29 is 14.3 Å². The van der Waals surface area contributed by atoms with Crippen molar-refractivity contribution in [3.63, 3.8) is 0 Å². The number of carboxylic acid groups (broad SMARTS) is 1. The fraction of sp³-hybridized carbons (Fsp3) is 0. The van der Waals surface area contributed by atoms with Gasteiger partial charge < -0.3 is 10.8 Å². The molecular weight excluding hydrogens is 173 g/mol. The smallest absolute Gasteiger partial charge is 0.335 e. The minimum Gasteiger partial charge on any atom is -0.478 e. The zero-order valence-corrected chi connectivity index (χ0v) is 6.75. The minimum absolute atomic E-state index is 0.0474. The molecule has 0 spiro atoms. The molecule has 0 unspecified atom stereocenters. The number of carbonyl (C=O) groups is 1. The lowest BCUT2D eigenvalue weighted by Gasteiger charge is -2.01. The van der Waals surface area contributed by atoms with Crippen LogP contribution >= 0.6 is 0 Å². The summed E-state index contributed by atoms with van der Waals surface area (Å²) in [6, 6.07) is 3.77. The standard InChI is InChI=1S/C9H8FNO2/c1-5(10)6-2-7(9(12)13)4-8(11)3-6/h2-4H,1,11H2,(H,12,13). The lowest BCUT2D eigenvalue weighted by molar-refractivity contribution is 0.0697. The average molecular weight is 181 g/mol. The van der Waals surface area contributed by atoms with Crippen LogP contribution < -0.4 is 5.73 Å². The first kappa shape index (κ1) is 9.25. The van der Waals surface area contributed by atoms with Crippen molar-refractivity contribution in [2.75, 3.05) is 5.73 Å². The van der Waals surface area contributed by atoms with Gasteiger partial charge in [-0.3, -0.25) is 0 Å². The van der Waals surface area contributed by atoms with Gasteiger partial charge in [0.05, 0.1) is 5.56 Å². The van der Waals surface area contributed by atoms with Gasteiger partial charge in [-0.25, -0.2) is 9.18 Å². The third-order valence-corrected chi connectivity index (χ3v) is 1.52. The van der Waals surface area contributed by atoms with E-state index in [0.717, 1.165) is 0 Å². The maximum Gasteiger partial charge on any atom is 0.335 e. The van der Waals surface area contributed by atoms with Crippen LogP contribution in [0.2, 0.25) is 0 Å². The summed E-state index contributed by atoms with van der Waals surface area (Å²) >= 11 is 0. The molecule has 68 valence electrons. The normalized spacial score (nSPS) is 9.62. The highest BCUT2D eigenvalue weighted by molar-refractivity contribution is 5.90. The molecule has 0 fully saturated rings.